The minimum atomic E-state index is 0.0269. The van der Waals surface area contributed by atoms with E-state index in [9.17, 15) is 0 Å². The molecule has 1 aliphatic heterocycles. The first-order chi connectivity index (χ1) is 10.0. The number of allylic oxidation sites excluding steroid dienone is 1. The van der Waals surface area contributed by atoms with Crippen molar-refractivity contribution in [3.05, 3.63) is 52.7 Å². The molecule has 1 aromatic heterocycles. The summed E-state index contributed by atoms with van der Waals surface area (Å²) in [6.45, 7) is 4.47. The third-order valence-corrected chi connectivity index (χ3v) is 5.44. The highest BCUT2D eigenvalue weighted by atomic mass is 35.5. The molecular formula is C16H14ClN3S. The Morgan fingerprint density at radius 3 is 3.05 bits per heavy atom. The van der Waals surface area contributed by atoms with Gasteiger partial charge in [-0.2, -0.15) is 0 Å². The number of rotatable bonds is 0. The van der Waals surface area contributed by atoms with Crippen LogP contribution in [0.25, 0.3) is 4.91 Å². The molecule has 21 heavy (non-hydrogen) atoms. The quantitative estimate of drug-likeness (QED) is 0.765. The maximum atomic E-state index is 6.10. The Labute approximate surface area is 132 Å². The lowest BCUT2D eigenvalue weighted by molar-refractivity contribution is 0.509. The fourth-order valence-corrected chi connectivity index (χ4v) is 4.19. The first kappa shape index (κ1) is 13.2. The van der Waals surface area contributed by atoms with Crippen LogP contribution in [0.4, 0.5) is 5.69 Å². The molecule has 0 bridgehead atoms. The Hall–Kier alpha value is -1.52. The van der Waals surface area contributed by atoms with Gasteiger partial charge in [0.15, 0.2) is 0 Å². The van der Waals surface area contributed by atoms with E-state index in [1.165, 1.54) is 21.1 Å². The van der Waals surface area contributed by atoms with Gasteiger partial charge in [-0.15, -0.1) is 0 Å². The van der Waals surface area contributed by atoms with E-state index in [4.69, 9.17) is 11.6 Å². The predicted molar refractivity (Wildman–Crippen MR) is 87.5 cm³/mol. The Kier molecular flexibility index (Phi) is 2.81. The minimum absolute atomic E-state index is 0.0269. The molecule has 5 heteroatoms. The molecule has 0 spiro atoms. The summed E-state index contributed by atoms with van der Waals surface area (Å²) in [6, 6.07) is 5.96. The molecule has 106 valence electrons. The number of nitrogens with zero attached hydrogens (tertiary/aromatic N) is 2. The van der Waals surface area contributed by atoms with Crippen molar-refractivity contribution < 1.29 is 0 Å². The zero-order valence-corrected chi connectivity index (χ0v) is 13.3. The van der Waals surface area contributed by atoms with Gasteiger partial charge in [0, 0.05) is 27.4 Å². The fraction of sp³-hybridized carbons (Fsp3) is 0.250. The van der Waals surface area contributed by atoms with E-state index >= 15 is 0 Å². The molecule has 1 aromatic carbocycles. The zero-order valence-electron chi connectivity index (χ0n) is 11.8. The first-order valence-electron chi connectivity index (χ1n) is 6.83. The van der Waals surface area contributed by atoms with Crippen LogP contribution in [0, 0.1) is 0 Å². The lowest BCUT2D eigenvalue weighted by Gasteiger charge is -2.36. The number of benzene rings is 1. The van der Waals surface area contributed by atoms with Crippen LogP contribution in [0.2, 0.25) is 5.02 Å². The summed E-state index contributed by atoms with van der Waals surface area (Å²) >= 11 is 7.86. The summed E-state index contributed by atoms with van der Waals surface area (Å²) in [7, 11) is 0. The number of anilines is 1. The van der Waals surface area contributed by atoms with E-state index in [1.807, 2.05) is 18.3 Å². The van der Waals surface area contributed by atoms with E-state index in [2.05, 4.69) is 35.2 Å². The van der Waals surface area contributed by atoms with E-state index in [-0.39, 0.29) is 5.41 Å². The van der Waals surface area contributed by atoms with Crippen molar-refractivity contribution in [2.75, 3.05) is 5.32 Å². The molecule has 0 saturated carbocycles. The molecule has 0 radical (unpaired) electrons. The fourth-order valence-electron chi connectivity index (χ4n) is 2.94. The van der Waals surface area contributed by atoms with Crippen LogP contribution >= 0.6 is 23.4 Å². The van der Waals surface area contributed by atoms with Gasteiger partial charge in [0.1, 0.15) is 6.33 Å². The normalized spacial score (nSPS) is 18.4. The molecule has 0 unspecified atom stereocenters. The Balaban J connectivity index is 1.88. The number of thioether (sulfide) groups is 1. The second kappa shape index (κ2) is 4.49. The maximum absolute atomic E-state index is 6.10. The Morgan fingerprint density at radius 2 is 2.19 bits per heavy atom. The lowest BCUT2D eigenvalue weighted by atomic mass is 9.76. The van der Waals surface area contributed by atoms with Gasteiger partial charge in [0.05, 0.1) is 16.3 Å². The van der Waals surface area contributed by atoms with Gasteiger partial charge in [-0.05, 0) is 30.0 Å². The number of nitrogens with one attached hydrogen (secondary N) is 1. The monoisotopic (exact) mass is 315 g/mol. The summed E-state index contributed by atoms with van der Waals surface area (Å²) in [6.07, 6.45) is 4.52. The largest absolute Gasteiger partial charge is 0.357 e. The van der Waals surface area contributed by atoms with Crippen molar-refractivity contribution in [1.29, 1.82) is 0 Å². The molecule has 0 atom stereocenters. The van der Waals surface area contributed by atoms with Crippen LogP contribution in [0.5, 0.6) is 0 Å². The van der Waals surface area contributed by atoms with Gasteiger partial charge in [0.25, 0.3) is 0 Å². The minimum Gasteiger partial charge on any atom is -0.357 e. The van der Waals surface area contributed by atoms with Gasteiger partial charge >= 0.3 is 0 Å². The van der Waals surface area contributed by atoms with Crippen LogP contribution < -0.4 is 5.32 Å². The summed E-state index contributed by atoms with van der Waals surface area (Å²) < 4.78 is 0. The van der Waals surface area contributed by atoms with E-state index < -0.39 is 0 Å². The maximum Gasteiger partial charge on any atom is 0.116 e. The Bertz CT molecular complexity index is 783. The molecule has 2 aliphatic rings. The SMILES string of the molecule is CC1(C)CC2=C(Sc3ccc(Cl)cc3N2)c2ncncc21. The van der Waals surface area contributed by atoms with Crippen molar-refractivity contribution in [3.8, 4) is 0 Å². The highest BCUT2D eigenvalue weighted by Crippen LogP contribution is 2.52. The van der Waals surface area contributed by atoms with Gasteiger partial charge in [-0.25, -0.2) is 9.97 Å². The lowest BCUT2D eigenvalue weighted by Crippen LogP contribution is -2.28. The highest BCUT2D eigenvalue weighted by molar-refractivity contribution is 8.08. The number of hydrogen-bond acceptors (Lipinski definition) is 4. The number of halogens is 1. The highest BCUT2D eigenvalue weighted by Gasteiger charge is 2.36. The molecule has 1 N–H and O–H groups in total. The van der Waals surface area contributed by atoms with E-state index in [1.54, 1.807) is 18.1 Å². The topological polar surface area (TPSA) is 37.8 Å². The molecule has 0 fully saturated rings. The van der Waals surface area contributed by atoms with Crippen molar-refractivity contribution >= 4 is 34.0 Å². The molecule has 4 rings (SSSR count). The number of aromatic nitrogens is 2. The summed E-state index contributed by atoms with van der Waals surface area (Å²) in [4.78, 5) is 11.1. The average Bonchev–Trinajstić information content (AvgIpc) is 2.45. The first-order valence-corrected chi connectivity index (χ1v) is 8.02. The molecule has 0 saturated heterocycles. The van der Waals surface area contributed by atoms with Gasteiger partial charge < -0.3 is 5.32 Å². The average molecular weight is 316 g/mol. The molecule has 3 nitrogen and oxygen atoms in total. The third kappa shape index (κ3) is 2.05. The second-order valence-corrected chi connectivity index (χ2v) is 7.51. The molecule has 1 aliphatic carbocycles. The molecule has 2 heterocycles. The van der Waals surface area contributed by atoms with E-state index in [0.717, 1.165) is 22.8 Å². The van der Waals surface area contributed by atoms with Gasteiger partial charge in [-0.1, -0.05) is 37.2 Å². The third-order valence-electron chi connectivity index (χ3n) is 3.99. The molecule has 2 aromatic rings. The van der Waals surface area contributed by atoms with Gasteiger partial charge in [-0.3, -0.25) is 0 Å². The van der Waals surface area contributed by atoms with Crippen LogP contribution in [-0.4, -0.2) is 9.97 Å². The zero-order chi connectivity index (χ0) is 14.6. The standard InChI is InChI=1S/C16H14ClN3S/c1-16(2)6-12-15(14-10(16)7-18-8-19-14)21-13-4-3-9(17)5-11(13)20-12/h3-5,7-8,20H,6H2,1-2H3. The van der Waals surface area contributed by atoms with E-state index in [0.29, 0.717) is 0 Å². The predicted octanol–water partition coefficient (Wildman–Crippen LogP) is 4.70. The smallest absolute Gasteiger partial charge is 0.116 e. The van der Waals surface area contributed by atoms with Crippen molar-refractivity contribution in [3.63, 3.8) is 0 Å². The van der Waals surface area contributed by atoms with Crippen LogP contribution in [0.1, 0.15) is 31.5 Å². The van der Waals surface area contributed by atoms with Crippen LogP contribution in [0.3, 0.4) is 0 Å². The number of fused-ring (bicyclic) bond motifs is 3. The van der Waals surface area contributed by atoms with Crippen molar-refractivity contribution in [2.45, 2.75) is 30.6 Å². The van der Waals surface area contributed by atoms with Crippen LogP contribution in [-0.2, 0) is 5.41 Å². The summed E-state index contributed by atoms with van der Waals surface area (Å²) in [5.41, 5.74) is 4.61. The summed E-state index contributed by atoms with van der Waals surface area (Å²) in [5, 5.41) is 4.30. The summed E-state index contributed by atoms with van der Waals surface area (Å²) in [5.74, 6) is 0. The molecular weight excluding hydrogens is 302 g/mol. The van der Waals surface area contributed by atoms with Gasteiger partial charge in [0.2, 0.25) is 0 Å². The number of hydrogen-bond donors (Lipinski definition) is 1. The second-order valence-electron chi connectivity index (χ2n) is 6.02. The van der Waals surface area contributed by atoms with Crippen molar-refractivity contribution in [1.82, 2.24) is 9.97 Å². The van der Waals surface area contributed by atoms with Crippen LogP contribution in [0.15, 0.2) is 41.3 Å². The Morgan fingerprint density at radius 1 is 1.33 bits per heavy atom. The molecule has 0 amide bonds. The van der Waals surface area contributed by atoms with Crippen molar-refractivity contribution in [2.24, 2.45) is 0 Å².